The van der Waals surface area contributed by atoms with Crippen LogP contribution >= 0.6 is 35.0 Å². The van der Waals surface area contributed by atoms with Gasteiger partial charge in [-0.25, -0.2) is 9.37 Å². The fraction of sp³-hybridized carbons (Fsp3) is 0. The molecule has 0 aliphatic heterocycles. The Morgan fingerprint density at radius 2 is 2.20 bits per heavy atom. The summed E-state index contributed by atoms with van der Waals surface area (Å²) in [6, 6.07) is 1.02. The number of hydrogen-bond donors (Lipinski definition) is 1. The molecule has 0 fully saturated rings. The Kier molecular flexibility index (Phi) is 3.88. The Labute approximate surface area is 77.0 Å². The molecular weight excluding hydrogens is 271 g/mol. The molecule has 0 saturated carbocycles. The van der Waals surface area contributed by atoms with Gasteiger partial charge >= 0.3 is 0 Å². The van der Waals surface area contributed by atoms with Crippen molar-refractivity contribution in [2.45, 2.75) is 0 Å². The van der Waals surface area contributed by atoms with Crippen molar-refractivity contribution in [2.24, 2.45) is 0 Å². The first kappa shape index (κ1) is 9.90. The number of rotatable bonds is 0. The number of pyridine rings is 1. The third-order valence-electron chi connectivity index (χ3n) is 0.787. The average molecular weight is 275 g/mol. The lowest BCUT2D eigenvalue weighted by Gasteiger charge is -1.92. The Hall–Kier alpha value is -0.100. The van der Waals surface area contributed by atoms with Crippen LogP contribution < -0.4 is 0 Å². The molecule has 1 N–H and O–H groups in total. The van der Waals surface area contributed by atoms with Crippen LogP contribution in [-0.4, -0.2) is 10.1 Å². The number of hydrogen-bond acceptors (Lipinski definition) is 2. The van der Waals surface area contributed by atoms with E-state index in [0.29, 0.717) is 3.70 Å². The summed E-state index contributed by atoms with van der Waals surface area (Å²) in [5, 5.41) is 8.79. The van der Waals surface area contributed by atoms with Crippen LogP contribution in [0, 0.1) is 9.52 Å². The van der Waals surface area contributed by atoms with E-state index >= 15 is 0 Å². The van der Waals surface area contributed by atoms with Crippen molar-refractivity contribution in [3.8, 4) is 5.75 Å². The summed E-state index contributed by atoms with van der Waals surface area (Å²) in [5.41, 5.74) is 0. The van der Waals surface area contributed by atoms with Gasteiger partial charge in [-0.1, -0.05) is 0 Å². The molecule has 0 aliphatic carbocycles. The molecule has 0 aromatic carbocycles. The van der Waals surface area contributed by atoms with Gasteiger partial charge < -0.3 is 5.11 Å². The predicted octanol–water partition coefficient (Wildman–Crippen LogP) is 1.95. The normalized spacial score (nSPS) is 8.60. The first-order chi connectivity index (χ1) is 4.20. The lowest BCUT2D eigenvalue weighted by Crippen LogP contribution is -1.81. The summed E-state index contributed by atoms with van der Waals surface area (Å²) in [7, 11) is 0. The van der Waals surface area contributed by atoms with Crippen LogP contribution in [0.25, 0.3) is 0 Å². The zero-order valence-electron chi connectivity index (χ0n) is 4.71. The number of halogens is 3. The largest absolute Gasteiger partial charge is 0.505 e. The van der Waals surface area contributed by atoms with E-state index < -0.39 is 5.82 Å². The summed E-state index contributed by atoms with van der Waals surface area (Å²) in [5.74, 6) is -0.636. The third-order valence-corrected chi connectivity index (χ3v) is 1.62. The van der Waals surface area contributed by atoms with Crippen molar-refractivity contribution in [3.63, 3.8) is 0 Å². The van der Waals surface area contributed by atoms with Gasteiger partial charge in [0.25, 0.3) is 0 Å². The van der Waals surface area contributed by atoms with E-state index in [1.165, 1.54) is 0 Å². The zero-order valence-corrected chi connectivity index (χ0v) is 7.69. The molecule has 0 radical (unpaired) electrons. The van der Waals surface area contributed by atoms with E-state index in [2.05, 4.69) is 4.98 Å². The molecular formula is C5H4ClFINO. The Bertz CT molecular complexity index is 233. The standard InChI is InChI=1S/C5H3FINO.ClH/c6-3-1-4(9)5(7)8-2-3;/h1-2,9H;1H. The second-order valence-electron chi connectivity index (χ2n) is 1.46. The highest BCUT2D eigenvalue weighted by atomic mass is 127. The van der Waals surface area contributed by atoms with Crippen molar-refractivity contribution < 1.29 is 9.50 Å². The molecule has 1 aromatic heterocycles. The highest BCUT2D eigenvalue weighted by Gasteiger charge is 1.97. The predicted molar refractivity (Wildman–Crippen MR) is 45.8 cm³/mol. The topological polar surface area (TPSA) is 33.1 Å². The first-order valence-corrected chi connectivity index (χ1v) is 3.28. The molecule has 10 heavy (non-hydrogen) atoms. The Morgan fingerprint density at radius 3 is 2.60 bits per heavy atom. The van der Waals surface area contributed by atoms with Gasteiger partial charge in [-0.2, -0.15) is 0 Å². The van der Waals surface area contributed by atoms with Crippen LogP contribution in [0.4, 0.5) is 4.39 Å². The van der Waals surface area contributed by atoms with Gasteiger partial charge in [0, 0.05) is 6.07 Å². The molecule has 2 nitrogen and oxygen atoms in total. The van der Waals surface area contributed by atoms with Crippen LogP contribution in [0.15, 0.2) is 12.3 Å². The number of nitrogens with zero attached hydrogens (tertiary/aromatic N) is 1. The van der Waals surface area contributed by atoms with E-state index in [1.807, 2.05) is 22.6 Å². The minimum atomic E-state index is -0.520. The summed E-state index contributed by atoms with van der Waals surface area (Å²) >= 11 is 1.81. The molecule has 0 aliphatic rings. The van der Waals surface area contributed by atoms with Gasteiger partial charge in [0.1, 0.15) is 15.3 Å². The molecule has 5 heteroatoms. The molecule has 0 atom stereocenters. The van der Waals surface area contributed by atoms with Gasteiger partial charge in [0.2, 0.25) is 0 Å². The molecule has 56 valence electrons. The van der Waals surface area contributed by atoms with Gasteiger partial charge in [-0.05, 0) is 22.6 Å². The Balaban J connectivity index is 0.000000810. The van der Waals surface area contributed by atoms with Crippen LogP contribution in [0.1, 0.15) is 0 Å². The van der Waals surface area contributed by atoms with E-state index in [0.717, 1.165) is 12.3 Å². The Morgan fingerprint density at radius 1 is 1.60 bits per heavy atom. The summed E-state index contributed by atoms with van der Waals surface area (Å²) < 4.78 is 12.5. The second-order valence-corrected chi connectivity index (χ2v) is 2.49. The van der Waals surface area contributed by atoms with Crippen molar-refractivity contribution in [1.82, 2.24) is 4.98 Å². The van der Waals surface area contributed by atoms with Crippen LogP contribution in [0.3, 0.4) is 0 Å². The maximum atomic E-state index is 12.1. The molecule has 0 unspecified atom stereocenters. The summed E-state index contributed by atoms with van der Waals surface area (Å²) in [6.45, 7) is 0. The quantitative estimate of drug-likeness (QED) is 0.580. The van der Waals surface area contributed by atoms with Gasteiger partial charge in [-0.3, -0.25) is 0 Å². The van der Waals surface area contributed by atoms with Crippen LogP contribution in [-0.2, 0) is 0 Å². The van der Waals surface area contributed by atoms with E-state index in [1.54, 1.807) is 0 Å². The van der Waals surface area contributed by atoms with Crippen molar-refractivity contribution >= 4 is 35.0 Å². The van der Waals surface area contributed by atoms with Crippen molar-refractivity contribution in [2.75, 3.05) is 0 Å². The van der Waals surface area contributed by atoms with E-state index in [9.17, 15) is 4.39 Å². The molecule has 0 bridgehead atoms. The van der Waals surface area contributed by atoms with E-state index in [4.69, 9.17) is 5.11 Å². The SMILES string of the molecule is Cl.Oc1cc(F)cnc1I. The lowest BCUT2D eigenvalue weighted by molar-refractivity contribution is 0.460. The van der Waals surface area contributed by atoms with Gasteiger partial charge in [-0.15, -0.1) is 12.4 Å². The molecule has 0 amide bonds. The van der Waals surface area contributed by atoms with Gasteiger partial charge in [0.15, 0.2) is 0 Å². The summed E-state index contributed by atoms with van der Waals surface area (Å²) in [4.78, 5) is 3.54. The maximum absolute atomic E-state index is 12.1. The van der Waals surface area contributed by atoms with Crippen molar-refractivity contribution in [1.29, 1.82) is 0 Å². The lowest BCUT2D eigenvalue weighted by atomic mass is 10.4. The minimum absolute atomic E-state index is 0. The monoisotopic (exact) mass is 275 g/mol. The van der Waals surface area contributed by atoms with Crippen LogP contribution in [0.5, 0.6) is 5.75 Å². The highest BCUT2D eigenvalue weighted by molar-refractivity contribution is 14.1. The molecule has 1 aromatic rings. The fourth-order valence-electron chi connectivity index (χ4n) is 0.412. The molecule has 0 spiro atoms. The molecule has 1 rings (SSSR count). The van der Waals surface area contributed by atoms with E-state index in [-0.39, 0.29) is 18.2 Å². The first-order valence-electron chi connectivity index (χ1n) is 2.20. The highest BCUT2D eigenvalue weighted by Crippen LogP contribution is 2.15. The van der Waals surface area contributed by atoms with Gasteiger partial charge in [0.05, 0.1) is 6.20 Å². The summed E-state index contributed by atoms with van der Waals surface area (Å²) in [6.07, 6.45) is 1.06. The zero-order chi connectivity index (χ0) is 6.85. The average Bonchev–Trinajstić information content (AvgIpc) is 1.80. The number of aromatic hydroxyl groups is 1. The van der Waals surface area contributed by atoms with Crippen molar-refractivity contribution in [3.05, 3.63) is 21.8 Å². The second kappa shape index (κ2) is 3.92. The number of aromatic nitrogens is 1. The maximum Gasteiger partial charge on any atom is 0.150 e. The molecule has 1 heterocycles. The third kappa shape index (κ3) is 2.26. The smallest absolute Gasteiger partial charge is 0.150 e. The fourth-order valence-corrected chi connectivity index (χ4v) is 0.707. The van der Waals surface area contributed by atoms with Crippen LogP contribution in [0.2, 0.25) is 0 Å². The minimum Gasteiger partial charge on any atom is -0.505 e. The molecule has 0 saturated heterocycles.